The molecular weight excluding hydrogens is 565 g/mol. The Morgan fingerprint density at radius 3 is 2.48 bits per heavy atom. The smallest absolute Gasteiger partial charge is 0.334 e. The summed E-state index contributed by atoms with van der Waals surface area (Å²) in [4.78, 5) is 16.8. The van der Waals surface area contributed by atoms with E-state index < -0.39 is 11.6 Å². The van der Waals surface area contributed by atoms with Crippen molar-refractivity contribution in [2.75, 3.05) is 24.8 Å². The molecule has 0 aromatic heterocycles. The number of methoxy groups -OCH3 is 1. The van der Waals surface area contributed by atoms with E-state index in [1.807, 2.05) is 39.2 Å². The fourth-order valence-electron chi connectivity index (χ4n) is 4.77. The van der Waals surface area contributed by atoms with E-state index in [-0.39, 0.29) is 0 Å². The zero-order chi connectivity index (χ0) is 30.1. The first-order chi connectivity index (χ1) is 20.2. The topological polar surface area (TPSA) is 51.2 Å². The van der Waals surface area contributed by atoms with Crippen LogP contribution in [-0.4, -0.2) is 41.8 Å². The Kier molecular flexibility index (Phi) is 11.3. The molecule has 224 valence electrons. The zero-order valence-electron chi connectivity index (χ0n) is 25.5. The zero-order valence-corrected chi connectivity index (χ0v) is 27.1. The van der Waals surface area contributed by atoms with Gasteiger partial charge in [-0.2, -0.15) is 0 Å². The number of anilines is 2. The average molecular weight is 607 g/mol. The van der Waals surface area contributed by atoms with Gasteiger partial charge in [0.2, 0.25) is 0 Å². The van der Waals surface area contributed by atoms with E-state index in [0.29, 0.717) is 11.8 Å². The second kappa shape index (κ2) is 14.9. The standard InChI is InChI=1S/C34H42N2O4S2/c1-7-8-12-27-24-35(26-13-10-9-11-14-26)29-21-32(41-6)30(39-20-19-33(37)40-34(2,3)4)22-31(29)42-36(27)23-25-15-17-28(38-5)18-16-25/h9-11,13-22,27H,7-8,12,23-24H2,1-6H3/b20-19+. The van der Waals surface area contributed by atoms with Gasteiger partial charge in [-0.3, -0.25) is 0 Å². The van der Waals surface area contributed by atoms with Crippen LogP contribution in [-0.2, 0) is 16.1 Å². The van der Waals surface area contributed by atoms with Crippen LogP contribution in [0.2, 0.25) is 0 Å². The first kappa shape index (κ1) is 31.9. The highest BCUT2D eigenvalue weighted by atomic mass is 32.2. The molecule has 0 N–H and O–H groups in total. The van der Waals surface area contributed by atoms with Gasteiger partial charge in [0.1, 0.15) is 17.1 Å². The Morgan fingerprint density at radius 2 is 1.83 bits per heavy atom. The van der Waals surface area contributed by atoms with Gasteiger partial charge >= 0.3 is 5.97 Å². The largest absolute Gasteiger partial charge is 0.497 e. The number of esters is 1. The lowest BCUT2D eigenvalue weighted by Gasteiger charge is -2.32. The molecule has 1 aliphatic heterocycles. The van der Waals surface area contributed by atoms with Gasteiger partial charge in [-0.05, 0) is 87.4 Å². The third-order valence-corrected chi connectivity index (χ3v) is 8.76. The van der Waals surface area contributed by atoms with Gasteiger partial charge in [-0.15, -0.1) is 11.8 Å². The van der Waals surface area contributed by atoms with E-state index >= 15 is 0 Å². The van der Waals surface area contributed by atoms with Crippen molar-refractivity contribution in [3.05, 3.63) is 84.6 Å². The number of hydrogen-bond acceptors (Lipinski definition) is 8. The van der Waals surface area contributed by atoms with Crippen LogP contribution in [0.25, 0.3) is 0 Å². The number of carbonyl (C=O) groups is 1. The van der Waals surface area contributed by atoms with Gasteiger partial charge < -0.3 is 19.1 Å². The highest BCUT2D eigenvalue weighted by molar-refractivity contribution is 7.98. The second-order valence-electron chi connectivity index (χ2n) is 11.2. The fraction of sp³-hybridized carbons (Fsp3) is 0.382. The minimum Gasteiger partial charge on any atom is -0.497 e. The van der Waals surface area contributed by atoms with Crippen LogP contribution in [0.15, 0.2) is 88.9 Å². The molecule has 4 rings (SSSR count). The number of ether oxygens (including phenoxy) is 3. The van der Waals surface area contributed by atoms with Crippen molar-refractivity contribution < 1.29 is 19.0 Å². The van der Waals surface area contributed by atoms with E-state index in [4.69, 9.17) is 14.2 Å². The molecule has 1 heterocycles. The van der Waals surface area contributed by atoms with Crippen LogP contribution >= 0.6 is 23.7 Å². The molecule has 0 saturated carbocycles. The molecule has 1 atom stereocenters. The molecule has 0 amide bonds. The predicted octanol–water partition coefficient (Wildman–Crippen LogP) is 8.87. The lowest BCUT2D eigenvalue weighted by molar-refractivity contribution is -0.148. The fourth-order valence-corrected chi connectivity index (χ4v) is 6.51. The monoisotopic (exact) mass is 606 g/mol. The molecular formula is C34H42N2O4S2. The molecule has 0 aliphatic carbocycles. The first-order valence-electron chi connectivity index (χ1n) is 14.4. The number of nitrogens with zero attached hydrogens (tertiary/aromatic N) is 2. The molecule has 0 saturated heterocycles. The van der Waals surface area contributed by atoms with Gasteiger partial charge in [0.15, 0.2) is 0 Å². The third kappa shape index (κ3) is 8.72. The Bertz CT molecular complexity index is 1340. The van der Waals surface area contributed by atoms with Gasteiger partial charge in [0.05, 0.1) is 34.9 Å². The SMILES string of the molecule is CCCCC1CN(c2ccccc2)c2cc(SC)c(O/C=C/C(=O)OC(C)(C)C)cc2SN1Cc1ccc(OC)cc1. The number of hydrogen-bond donors (Lipinski definition) is 0. The van der Waals surface area contributed by atoms with Gasteiger partial charge in [0, 0.05) is 24.8 Å². The predicted molar refractivity (Wildman–Crippen MR) is 175 cm³/mol. The number of benzene rings is 3. The summed E-state index contributed by atoms with van der Waals surface area (Å²) in [6.45, 7) is 9.45. The van der Waals surface area contributed by atoms with Crippen molar-refractivity contribution in [3.63, 3.8) is 0 Å². The molecule has 3 aromatic carbocycles. The van der Waals surface area contributed by atoms with E-state index in [1.54, 1.807) is 30.8 Å². The minimum atomic E-state index is -0.560. The maximum Gasteiger partial charge on any atom is 0.334 e. The normalized spacial score (nSPS) is 15.8. The van der Waals surface area contributed by atoms with Crippen LogP contribution in [0.3, 0.4) is 0 Å². The molecule has 8 heteroatoms. The molecule has 1 unspecified atom stereocenters. The molecule has 1 aliphatic rings. The molecule has 0 fully saturated rings. The number of unbranched alkanes of at least 4 members (excludes halogenated alkanes) is 1. The van der Waals surface area contributed by atoms with Crippen molar-refractivity contribution in [2.24, 2.45) is 0 Å². The number of fused-ring (bicyclic) bond motifs is 1. The molecule has 0 radical (unpaired) electrons. The summed E-state index contributed by atoms with van der Waals surface area (Å²) < 4.78 is 19.4. The Hall–Kier alpha value is -3.07. The van der Waals surface area contributed by atoms with Crippen LogP contribution < -0.4 is 14.4 Å². The van der Waals surface area contributed by atoms with E-state index in [0.717, 1.165) is 59.3 Å². The van der Waals surface area contributed by atoms with Crippen molar-refractivity contribution in [1.82, 2.24) is 4.31 Å². The molecule has 42 heavy (non-hydrogen) atoms. The minimum absolute atomic E-state index is 0.318. The van der Waals surface area contributed by atoms with Gasteiger partial charge in [0.25, 0.3) is 0 Å². The number of thioether (sulfide) groups is 1. The first-order valence-corrected chi connectivity index (χ1v) is 16.4. The Balaban J connectivity index is 1.72. The molecule has 0 spiro atoms. The highest BCUT2D eigenvalue weighted by Crippen LogP contribution is 2.46. The lowest BCUT2D eigenvalue weighted by atomic mass is 10.1. The quantitative estimate of drug-likeness (QED) is 0.0705. The molecule has 3 aromatic rings. The van der Waals surface area contributed by atoms with Gasteiger partial charge in [-0.25, -0.2) is 9.10 Å². The Morgan fingerprint density at radius 1 is 1.10 bits per heavy atom. The molecule has 0 bridgehead atoms. The van der Waals surface area contributed by atoms with E-state index in [1.165, 1.54) is 17.9 Å². The summed E-state index contributed by atoms with van der Waals surface area (Å²) in [7, 11) is 1.70. The van der Waals surface area contributed by atoms with E-state index in [9.17, 15) is 4.79 Å². The molecule has 6 nitrogen and oxygen atoms in total. The summed E-state index contributed by atoms with van der Waals surface area (Å²) in [5.74, 6) is 1.13. The highest BCUT2D eigenvalue weighted by Gasteiger charge is 2.31. The van der Waals surface area contributed by atoms with Crippen molar-refractivity contribution in [2.45, 2.75) is 74.9 Å². The van der Waals surface area contributed by atoms with Crippen molar-refractivity contribution in [1.29, 1.82) is 0 Å². The lowest BCUT2D eigenvalue weighted by Crippen LogP contribution is -2.37. The summed E-state index contributed by atoms with van der Waals surface area (Å²) in [6.07, 6.45) is 8.20. The van der Waals surface area contributed by atoms with Crippen LogP contribution in [0.1, 0.15) is 52.5 Å². The number of rotatable bonds is 11. The number of para-hydroxylation sites is 1. The maximum atomic E-state index is 12.2. The maximum absolute atomic E-state index is 12.2. The summed E-state index contributed by atoms with van der Waals surface area (Å²) in [6, 6.07) is 23.6. The van der Waals surface area contributed by atoms with Crippen LogP contribution in [0.4, 0.5) is 11.4 Å². The van der Waals surface area contributed by atoms with Crippen molar-refractivity contribution in [3.8, 4) is 11.5 Å². The second-order valence-corrected chi connectivity index (χ2v) is 13.1. The number of carbonyl (C=O) groups excluding carboxylic acids is 1. The van der Waals surface area contributed by atoms with Gasteiger partial charge in [-0.1, -0.05) is 50.1 Å². The summed E-state index contributed by atoms with van der Waals surface area (Å²) in [5.41, 5.74) is 2.99. The van der Waals surface area contributed by atoms with Crippen LogP contribution in [0.5, 0.6) is 11.5 Å². The summed E-state index contributed by atoms with van der Waals surface area (Å²) in [5, 5.41) is 0. The van der Waals surface area contributed by atoms with E-state index in [2.05, 4.69) is 70.7 Å². The summed E-state index contributed by atoms with van der Waals surface area (Å²) >= 11 is 3.40. The average Bonchev–Trinajstić information content (AvgIpc) is 3.11. The van der Waals surface area contributed by atoms with Crippen molar-refractivity contribution >= 4 is 41.1 Å². The third-order valence-electron chi connectivity index (χ3n) is 6.81. The van der Waals surface area contributed by atoms with Crippen LogP contribution in [0, 0.1) is 0 Å². The Labute approximate surface area is 259 Å².